The van der Waals surface area contributed by atoms with Crippen molar-refractivity contribution in [2.75, 3.05) is 51.3 Å². The number of benzene rings is 2. The van der Waals surface area contributed by atoms with E-state index in [0.29, 0.717) is 24.5 Å². The fraction of sp³-hybridized carbons (Fsp3) is 0.517. The predicted molar refractivity (Wildman–Crippen MR) is 156 cm³/mol. The number of methoxy groups -OCH3 is 1. The average molecular weight is 623 g/mol. The lowest BCUT2D eigenvalue weighted by Gasteiger charge is -2.43. The van der Waals surface area contributed by atoms with Crippen molar-refractivity contribution in [2.45, 2.75) is 56.2 Å². The molecule has 3 fully saturated rings. The molecule has 2 unspecified atom stereocenters. The van der Waals surface area contributed by atoms with E-state index in [0.717, 1.165) is 18.9 Å². The van der Waals surface area contributed by atoms with Gasteiger partial charge in [-0.1, -0.05) is 11.6 Å². The van der Waals surface area contributed by atoms with Gasteiger partial charge in [0.2, 0.25) is 10.0 Å². The summed E-state index contributed by atoms with van der Waals surface area (Å²) in [6.07, 6.45) is 1.18. The third-order valence-electron chi connectivity index (χ3n) is 7.89. The van der Waals surface area contributed by atoms with Gasteiger partial charge in [0.25, 0.3) is 5.91 Å². The van der Waals surface area contributed by atoms with Gasteiger partial charge >= 0.3 is 6.09 Å². The van der Waals surface area contributed by atoms with Crippen molar-refractivity contribution in [1.82, 2.24) is 14.1 Å². The highest BCUT2D eigenvalue weighted by Gasteiger charge is 2.43. The summed E-state index contributed by atoms with van der Waals surface area (Å²) >= 11 is 6.17. The molecule has 3 heterocycles. The molecular formula is C29H36ClFN4O6S. The first-order valence-corrected chi connectivity index (χ1v) is 15.8. The quantitative estimate of drug-likeness (QED) is 0.492. The van der Waals surface area contributed by atoms with Crippen LogP contribution in [0.3, 0.4) is 0 Å². The lowest BCUT2D eigenvalue weighted by molar-refractivity contribution is 0.0192. The highest BCUT2D eigenvalue weighted by Crippen LogP contribution is 2.41. The lowest BCUT2D eigenvalue weighted by Crippen LogP contribution is -2.55. The van der Waals surface area contributed by atoms with E-state index in [1.807, 2.05) is 0 Å². The highest BCUT2D eigenvalue weighted by atomic mass is 35.5. The van der Waals surface area contributed by atoms with Crippen molar-refractivity contribution >= 4 is 39.3 Å². The van der Waals surface area contributed by atoms with Gasteiger partial charge in [-0.15, -0.1) is 0 Å². The number of fused-ring (bicyclic) bond motifs is 2. The van der Waals surface area contributed by atoms with Gasteiger partial charge in [-0.3, -0.25) is 4.79 Å². The van der Waals surface area contributed by atoms with Crippen LogP contribution in [0.4, 0.5) is 14.9 Å². The first-order valence-electron chi connectivity index (χ1n) is 14.0. The van der Waals surface area contributed by atoms with Gasteiger partial charge in [-0.25, -0.2) is 17.6 Å². The summed E-state index contributed by atoms with van der Waals surface area (Å²) in [7, 11) is -2.31. The zero-order chi connectivity index (χ0) is 30.4. The maximum Gasteiger partial charge on any atom is 0.410 e. The molecule has 0 N–H and O–H groups in total. The second kappa shape index (κ2) is 11.5. The Kier molecular flexibility index (Phi) is 8.34. The summed E-state index contributed by atoms with van der Waals surface area (Å²) in [5, 5.41) is 0.0706. The Morgan fingerprint density at radius 3 is 2.17 bits per heavy atom. The number of carbonyl (C=O) groups is 2. The van der Waals surface area contributed by atoms with Gasteiger partial charge < -0.3 is 24.2 Å². The lowest BCUT2D eigenvalue weighted by atomic mass is 10.1. The van der Waals surface area contributed by atoms with Crippen LogP contribution in [0.15, 0.2) is 41.3 Å². The van der Waals surface area contributed by atoms with Crippen molar-refractivity contribution in [3.8, 4) is 5.75 Å². The Bertz CT molecular complexity index is 1460. The molecule has 13 heteroatoms. The smallest absolute Gasteiger partial charge is 0.410 e. The van der Waals surface area contributed by atoms with E-state index in [4.69, 9.17) is 21.1 Å². The first kappa shape index (κ1) is 30.4. The van der Waals surface area contributed by atoms with Crippen LogP contribution in [0.1, 0.15) is 44.0 Å². The summed E-state index contributed by atoms with van der Waals surface area (Å²) < 4.78 is 53.4. The number of piperazine rings is 2. The van der Waals surface area contributed by atoms with Gasteiger partial charge in [-0.05, 0) is 70.0 Å². The van der Waals surface area contributed by atoms with E-state index >= 15 is 0 Å². The fourth-order valence-electron chi connectivity index (χ4n) is 5.91. The number of rotatable bonds is 5. The number of carbonyl (C=O) groups excluding carboxylic acids is 2. The predicted octanol–water partition coefficient (Wildman–Crippen LogP) is 4.22. The zero-order valence-electron chi connectivity index (χ0n) is 24.2. The normalized spacial score (nSPS) is 21.4. The molecule has 10 nitrogen and oxygen atoms in total. The summed E-state index contributed by atoms with van der Waals surface area (Å²) in [4.78, 5) is 31.3. The molecule has 0 saturated carbocycles. The number of anilines is 1. The van der Waals surface area contributed by atoms with Gasteiger partial charge in [0.1, 0.15) is 17.2 Å². The van der Waals surface area contributed by atoms with Crippen molar-refractivity contribution in [3.63, 3.8) is 0 Å². The molecule has 2 aromatic rings. The van der Waals surface area contributed by atoms with Gasteiger partial charge in [0.15, 0.2) is 0 Å². The standard InChI is InChI=1S/C29H36ClFN4O6S/c1-29(2,3)41-28(37)32-11-13-34(14-12-32)42(38,39)22-8-10-26(40-4)25(16-22)35-20-6-7-21(35)18-33(17-20)27(36)23-9-5-19(31)15-24(23)30/h5,8-10,15-16,20-21H,6-7,11-14,17-18H2,1-4H3. The molecule has 0 aliphatic carbocycles. The topological polar surface area (TPSA) is 99.7 Å². The van der Waals surface area contributed by atoms with E-state index in [2.05, 4.69) is 4.90 Å². The molecule has 2 bridgehead atoms. The molecule has 2 atom stereocenters. The molecule has 3 saturated heterocycles. The van der Waals surface area contributed by atoms with E-state index in [1.54, 1.807) is 44.9 Å². The molecular weight excluding hydrogens is 587 g/mol. The number of hydrogen-bond acceptors (Lipinski definition) is 7. The molecule has 228 valence electrons. The minimum Gasteiger partial charge on any atom is -0.495 e. The minimum absolute atomic E-state index is 0.0591. The Labute approximate surface area is 250 Å². The number of hydrogen-bond donors (Lipinski definition) is 0. The zero-order valence-corrected chi connectivity index (χ0v) is 25.8. The number of likely N-dealkylation sites (tertiary alicyclic amines) is 1. The third-order valence-corrected chi connectivity index (χ3v) is 10.1. The number of sulfonamides is 1. The molecule has 3 aliphatic heterocycles. The maximum absolute atomic E-state index is 13.7. The highest BCUT2D eigenvalue weighted by molar-refractivity contribution is 7.89. The summed E-state index contributed by atoms with van der Waals surface area (Å²) in [6, 6.07) is 8.48. The van der Waals surface area contributed by atoms with Crippen LogP contribution < -0.4 is 9.64 Å². The molecule has 2 aromatic carbocycles. The average Bonchev–Trinajstić information content (AvgIpc) is 3.19. The SMILES string of the molecule is COc1ccc(S(=O)(=O)N2CCN(C(=O)OC(C)(C)C)CC2)cc1N1C2CCC1CN(C(=O)c1ccc(F)cc1Cl)C2. The number of amides is 2. The van der Waals surface area contributed by atoms with Crippen LogP contribution in [0.5, 0.6) is 5.75 Å². The van der Waals surface area contributed by atoms with E-state index in [-0.39, 0.29) is 59.7 Å². The third kappa shape index (κ3) is 6.02. The Morgan fingerprint density at radius 1 is 0.952 bits per heavy atom. The largest absolute Gasteiger partial charge is 0.495 e. The van der Waals surface area contributed by atoms with Crippen LogP contribution in [0.2, 0.25) is 5.02 Å². The van der Waals surface area contributed by atoms with Crippen molar-refractivity contribution < 1.29 is 31.9 Å². The van der Waals surface area contributed by atoms with Gasteiger partial charge in [-0.2, -0.15) is 4.31 Å². The Balaban J connectivity index is 1.33. The van der Waals surface area contributed by atoms with Crippen LogP contribution in [-0.4, -0.2) is 98.6 Å². The molecule has 42 heavy (non-hydrogen) atoms. The molecule has 5 rings (SSSR count). The van der Waals surface area contributed by atoms with Crippen molar-refractivity contribution in [1.29, 1.82) is 0 Å². The second-order valence-corrected chi connectivity index (χ2v) is 14.2. The number of ether oxygens (including phenoxy) is 2. The van der Waals surface area contributed by atoms with Crippen molar-refractivity contribution in [3.05, 3.63) is 52.8 Å². The van der Waals surface area contributed by atoms with Crippen LogP contribution in [0.25, 0.3) is 0 Å². The molecule has 0 spiro atoms. The monoisotopic (exact) mass is 622 g/mol. The van der Waals surface area contributed by atoms with E-state index in [9.17, 15) is 22.4 Å². The van der Waals surface area contributed by atoms with E-state index < -0.39 is 27.5 Å². The fourth-order valence-corrected chi connectivity index (χ4v) is 7.60. The minimum atomic E-state index is -3.85. The molecule has 3 aliphatic rings. The number of halogens is 2. The van der Waals surface area contributed by atoms with Crippen molar-refractivity contribution in [2.24, 2.45) is 0 Å². The van der Waals surface area contributed by atoms with Crippen LogP contribution in [0, 0.1) is 5.82 Å². The summed E-state index contributed by atoms with van der Waals surface area (Å²) in [6.45, 7) is 6.96. The second-order valence-electron chi connectivity index (χ2n) is 11.8. The van der Waals surface area contributed by atoms with Crippen LogP contribution >= 0.6 is 11.6 Å². The van der Waals surface area contributed by atoms with Gasteiger partial charge in [0.05, 0.1) is 28.3 Å². The maximum atomic E-state index is 13.7. The summed E-state index contributed by atoms with van der Waals surface area (Å²) in [5.41, 5.74) is 0.278. The van der Waals surface area contributed by atoms with E-state index in [1.165, 1.54) is 27.4 Å². The molecule has 0 aromatic heterocycles. The Hall–Kier alpha value is -3.09. The Morgan fingerprint density at radius 2 is 1.60 bits per heavy atom. The molecule has 2 amide bonds. The van der Waals surface area contributed by atoms with Crippen LogP contribution in [-0.2, 0) is 14.8 Å². The first-order chi connectivity index (χ1) is 19.8. The van der Waals surface area contributed by atoms with Gasteiger partial charge in [0, 0.05) is 51.4 Å². The summed E-state index contributed by atoms with van der Waals surface area (Å²) in [5.74, 6) is -0.222. The number of nitrogens with zero attached hydrogens (tertiary/aromatic N) is 4. The molecule has 0 radical (unpaired) electrons.